The first-order valence-corrected chi connectivity index (χ1v) is 7.72. The van der Waals surface area contributed by atoms with E-state index in [0.29, 0.717) is 22.4 Å². The molecule has 0 saturated carbocycles. The van der Waals surface area contributed by atoms with E-state index < -0.39 is 0 Å². The summed E-state index contributed by atoms with van der Waals surface area (Å²) in [5, 5.41) is 1.08. The first-order chi connectivity index (χ1) is 9.84. The van der Waals surface area contributed by atoms with Gasteiger partial charge in [0.1, 0.15) is 6.61 Å². The summed E-state index contributed by atoms with van der Waals surface area (Å²) in [5.74, 6) is 0.551. The lowest BCUT2D eigenvalue weighted by Crippen LogP contribution is -2.06. The van der Waals surface area contributed by atoms with Crippen molar-refractivity contribution in [1.82, 2.24) is 0 Å². The molecular weight excluding hydrogens is 303 g/mol. The highest BCUT2D eigenvalue weighted by Gasteiger charge is 2.14. The van der Waals surface area contributed by atoms with Crippen LogP contribution in [-0.2, 0) is 6.61 Å². The Bertz CT molecular complexity index is 641. The van der Waals surface area contributed by atoms with Gasteiger partial charge in [-0.05, 0) is 80.1 Å². The summed E-state index contributed by atoms with van der Waals surface area (Å²) in [6.45, 7) is 11.2. The summed E-state index contributed by atoms with van der Waals surface area (Å²) in [7, 11) is 0. The van der Waals surface area contributed by atoms with Crippen LogP contribution in [0.25, 0.3) is 0 Å². The predicted octanol–water partition coefficient (Wildman–Crippen LogP) is 6.11. The van der Waals surface area contributed by atoms with Gasteiger partial charge in [0.25, 0.3) is 0 Å². The molecule has 0 aliphatic rings. The fourth-order valence-corrected chi connectivity index (χ4v) is 3.07. The molecule has 0 spiro atoms. The number of rotatable bonds is 3. The first-order valence-electron chi connectivity index (χ1n) is 6.97. The quantitative estimate of drug-likeness (QED) is 0.661. The van der Waals surface area contributed by atoms with Gasteiger partial charge in [-0.1, -0.05) is 29.3 Å². The van der Waals surface area contributed by atoms with Crippen LogP contribution in [0.4, 0.5) is 0 Å². The number of hydrogen-bond donors (Lipinski definition) is 0. The van der Waals surface area contributed by atoms with Crippen molar-refractivity contribution >= 4 is 23.2 Å². The lowest BCUT2D eigenvalue weighted by atomic mass is 9.90. The van der Waals surface area contributed by atoms with Gasteiger partial charge in [0.15, 0.2) is 5.75 Å². The van der Waals surface area contributed by atoms with Crippen molar-refractivity contribution in [3.8, 4) is 5.75 Å². The Morgan fingerprint density at radius 2 is 1.19 bits per heavy atom. The van der Waals surface area contributed by atoms with Crippen molar-refractivity contribution in [1.29, 1.82) is 0 Å². The van der Waals surface area contributed by atoms with Crippen molar-refractivity contribution in [2.45, 2.75) is 41.2 Å². The Hall–Kier alpha value is -1.18. The molecule has 0 atom stereocenters. The van der Waals surface area contributed by atoms with Crippen molar-refractivity contribution in [3.05, 3.63) is 61.6 Å². The van der Waals surface area contributed by atoms with Gasteiger partial charge in [-0.25, -0.2) is 0 Å². The van der Waals surface area contributed by atoms with Crippen LogP contribution in [0.15, 0.2) is 18.2 Å². The van der Waals surface area contributed by atoms with Crippen LogP contribution in [0.3, 0.4) is 0 Å². The van der Waals surface area contributed by atoms with Gasteiger partial charge in [0, 0.05) is 0 Å². The van der Waals surface area contributed by atoms with Gasteiger partial charge >= 0.3 is 0 Å². The molecule has 3 heteroatoms. The van der Waals surface area contributed by atoms with E-state index in [-0.39, 0.29) is 0 Å². The minimum atomic E-state index is 0.475. The normalized spacial score (nSPS) is 10.8. The molecule has 0 heterocycles. The van der Waals surface area contributed by atoms with Crippen molar-refractivity contribution in [3.63, 3.8) is 0 Å². The molecule has 0 fully saturated rings. The van der Waals surface area contributed by atoms with E-state index in [1.807, 2.05) is 6.07 Å². The second kappa shape index (κ2) is 6.29. The van der Waals surface area contributed by atoms with E-state index >= 15 is 0 Å². The Morgan fingerprint density at radius 3 is 1.67 bits per heavy atom. The SMILES string of the molecule is Cc1c(C)c(C)c(COc2c(Cl)cccc2Cl)c(C)c1C. The number of benzene rings is 2. The molecule has 1 nitrogen and oxygen atoms in total. The molecule has 112 valence electrons. The van der Waals surface area contributed by atoms with E-state index in [9.17, 15) is 0 Å². The van der Waals surface area contributed by atoms with E-state index in [1.165, 1.54) is 33.4 Å². The largest absolute Gasteiger partial charge is 0.486 e. The van der Waals surface area contributed by atoms with Crippen LogP contribution in [0, 0.1) is 34.6 Å². The molecule has 0 aromatic heterocycles. The molecule has 0 bridgehead atoms. The zero-order chi connectivity index (χ0) is 15.7. The zero-order valence-corrected chi connectivity index (χ0v) is 14.6. The smallest absolute Gasteiger partial charge is 0.156 e. The second-order valence-corrected chi connectivity index (χ2v) is 6.26. The van der Waals surface area contributed by atoms with Crippen molar-refractivity contribution in [2.75, 3.05) is 0 Å². The van der Waals surface area contributed by atoms with Crippen LogP contribution in [0.5, 0.6) is 5.75 Å². The fraction of sp³-hybridized carbons (Fsp3) is 0.333. The second-order valence-electron chi connectivity index (χ2n) is 5.44. The van der Waals surface area contributed by atoms with Crippen molar-refractivity contribution in [2.24, 2.45) is 0 Å². The van der Waals surface area contributed by atoms with E-state index in [4.69, 9.17) is 27.9 Å². The van der Waals surface area contributed by atoms with Crippen LogP contribution >= 0.6 is 23.2 Å². The van der Waals surface area contributed by atoms with E-state index in [1.54, 1.807) is 12.1 Å². The summed E-state index contributed by atoms with van der Waals surface area (Å²) in [4.78, 5) is 0. The van der Waals surface area contributed by atoms with Crippen LogP contribution in [-0.4, -0.2) is 0 Å². The summed E-state index contributed by atoms with van der Waals surface area (Å²) in [6.07, 6.45) is 0. The molecule has 21 heavy (non-hydrogen) atoms. The maximum absolute atomic E-state index is 6.15. The minimum Gasteiger partial charge on any atom is -0.486 e. The number of ether oxygens (including phenoxy) is 1. The molecule has 2 aromatic rings. The monoisotopic (exact) mass is 322 g/mol. The maximum atomic E-state index is 6.15. The summed E-state index contributed by atoms with van der Waals surface area (Å²) in [5.41, 5.74) is 7.76. The Balaban J connectivity index is 2.37. The molecule has 0 saturated heterocycles. The first kappa shape index (κ1) is 16.2. The molecule has 2 rings (SSSR count). The highest BCUT2D eigenvalue weighted by Crippen LogP contribution is 2.34. The number of hydrogen-bond acceptors (Lipinski definition) is 1. The molecule has 0 amide bonds. The molecule has 0 aliphatic carbocycles. The number of para-hydroxylation sites is 1. The zero-order valence-electron chi connectivity index (χ0n) is 13.1. The third kappa shape index (κ3) is 3.04. The Labute approximate surface area is 136 Å². The summed E-state index contributed by atoms with van der Waals surface area (Å²) >= 11 is 12.3. The molecule has 0 radical (unpaired) electrons. The van der Waals surface area contributed by atoms with E-state index in [0.717, 1.165) is 0 Å². The fourth-order valence-electron chi connectivity index (χ4n) is 2.56. The molecule has 0 aliphatic heterocycles. The van der Waals surface area contributed by atoms with Gasteiger partial charge in [-0.2, -0.15) is 0 Å². The number of halogens is 2. The van der Waals surface area contributed by atoms with Gasteiger partial charge in [-0.3, -0.25) is 0 Å². The third-order valence-electron chi connectivity index (χ3n) is 4.44. The minimum absolute atomic E-state index is 0.475. The lowest BCUT2D eigenvalue weighted by Gasteiger charge is -2.19. The van der Waals surface area contributed by atoms with Crippen molar-refractivity contribution < 1.29 is 4.74 Å². The Kier molecular flexibility index (Phi) is 4.85. The molecule has 0 N–H and O–H groups in total. The molecule has 0 unspecified atom stereocenters. The molecule has 2 aromatic carbocycles. The summed E-state index contributed by atoms with van der Waals surface area (Å²) in [6, 6.07) is 5.39. The van der Waals surface area contributed by atoms with Crippen LogP contribution in [0.1, 0.15) is 33.4 Å². The standard InChI is InChI=1S/C18H20Cl2O/c1-10-11(2)13(4)15(14(5)12(10)3)9-21-18-16(19)7-6-8-17(18)20/h6-8H,9H2,1-5H3. The van der Waals surface area contributed by atoms with Crippen LogP contribution < -0.4 is 4.74 Å². The predicted molar refractivity (Wildman–Crippen MR) is 90.9 cm³/mol. The topological polar surface area (TPSA) is 9.23 Å². The highest BCUT2D eigenvalue weighted by molar-refractivity contribution is 6.37. The third-order valence-corrected chi connectivity index (χ3v) is 5.03. The maximum Gasteiger partial charge on any atom is 0.156 e. The van der Waals surface area contributed by atoms with Crippen LogP contribution in [0.2, 0.25) is 10.0 Å². The Morgan fingerprint density at radius 1 is 0.762 bits per heavy atom. The summed E-state index contributed by atoms with van der Waals surface area (Å²) < 4.78 is 5.90. The lowest BCUT2D eigenvalue weighted by molar-refractivity contribution is 0.305. The van der Waals surface area contributed by atoms with Gasteiger partial charge in [0.05, 0.1) is 10.0 Å². The van der Waals surface area contributed by atoms with E-state index in [2.05, 4.69) is 34.6 Å². The molecular formula is C18H20Cl2O. The van der Waals surface area contributed by atoms with Gasteiger partial charge in [-0.15, -0.1) is 0 Å². The van der Waals surface area contributed by atoms with Gasteiger partial charge < -0.3 is 4.74 Å². The average Bonchev–Trinajstić information content (AvgIpc) is 2.45. The average molecular weight is 323 g/mol. The highest BCUT2D eigenvalue weighted by atomic mass is 35.5. The van der Waals surface area contributed by atoms with Gasteiger partial charge in [0.2, 0.25) is 0 Å².